The van der Waals surface area contributed by atoms with Crippen molar-refractivity contribution in [1.29, 1.82) is 0 Å². The molecule has 0 saturated carbocycles. The van der Waals surface area contributed by atoms with E-state index in [2.05, 4.69) is 13.8 Å². The average Bonchev–Trinajstić information content (AvgIpc) is 2.93. The molecule has 0 amide bonds. The summed E-state index contributed by atoms with van der Waals surface area (Å²) in [5, 5.41) is 0. The number of hydrogen-bond acceptors (Lipinski definition) is 4. The SMILES string of the molecule is CCC1(C)OCC(/C=C/C2COC(C)(CC)O2)O1. The Morgan fingerprint density at radius 2 is 1.28 bits per heavy atom. The van der Waals surface area contributed by atoms with Gasteiger partial charge >= 0.3 is 0 Å². The first kappa shape index (κ1) is 14.0. The van der Waals surface area contributed by atoms with Crippen LogP contribution in [-0.2, 0) is 18.9 Å². The number of rotatable bonds is 4. The van der Waals surface area contributed by atoms with Gasteiger partial charge in [-0.05, 0) is 26.7 Å². The van der Waals surface area contributed by atoms with Gasteiger partial charge in [0.1, 0.15) is 12.2 Å². The van der Waals surface area contributed by atoms with Crippen LogP contribution in [0.2, 0.25) is 0 Å². The predicted octanol–water partition coefficient (Wildman–Crippen LogP) is 2.63. The van der Waals surface area contributed by atoms with Gasteiger partial charge in [0.25, 0.3) is 0 Å². The van der Waals surface area contributed by atoms with E-state index in [4.69, 9.17) is 18.9 Å². The van der Waals surface area contributed by atoms with Gasteiger partial charge < -0.3 is 18.9 Å². The summed E-state index contributed by atoms with van der Waals surface area (Å²) in [6.07, 6.45) is 5.80. The molecule has 2 saturated heterocycles. The molecule has 4 nitrogen and oxygen atoms in total. The van der Waals surface area contributed by atoms with Gasteiger partial charge in [0.2, 0.25) is 0 Å². The fourth-order valence-electron chi connectivity index (χ4n) is 2.10. The Morgan fingerprint density at radius 3 is 1.56 bits per heavy atom. The molecule has 0 aromatic carbocycles. The van der Waals surface area contributed by atoms with Crippen molar-refractivity contribution in [3.8, 4) is 0 Å². The second-order valence-corrected chi connectivity index (χ2v) is 5.29. The van der Waals surface area contributed by atoms with Crippen LogP contribution in [-0.4, -0.2) is 37.0 Å². The Morgan fingerprint density at radius 1 is 0.889 bits per heavy atom. The first-order valence-electron chi connectivity index (χ1n) is 6.80. The normalized spacial score (nSPS) is 45.1. The van der Waals surface area contributed by atoms with E-state index in [0.717, 1.165) is 12.8 Å². The van der Waals surface area contributed by atoms with E-state index in [9.17, 15) is 0 Å². The summed E-state index contributed by atoms with van der Waals surface area (Å²) >= 11 is 0. The van der Waals surface area contributed by atoms with Crippen LogP contribution in [0.1, 0.15) is 40.5 Å². The summed E-state index contributed by atoms with van der Waals surface area (Å²) in [6, 6.07) is 0. The van der Waals surface area contributed by atoms with Gasteiger partial charge in [0.05, 0.1) is 13.2 Å². The number of hydrogen-bond donors (Lipinski definition) is 0. The third kappa shape index (κ3) is 3.12. The summed E-state index contributed by atoms with van der Waals surface area (Å²) in [5.74, 6) is -0.861. The molecule has 2 heterocycles. The molecule has 0 spiro atoms. The van der Waals surface area contributed by atoms with E-state index in [1.165, 1.54) is 0 Å². The topological polar surface area (TPSA) is 36.9 Å². The van der Waals surface area contributed by atoms with Crippen molar-refractivity contribution in [2.75, 3.05) is 13.2 Å². The zero-order valence-corrected chi connectivity index (χ0v) is 11.8. The van der Waals surface area contributed by atoms with Crippen molar-refractivity contribution in [2.45, 2.75) is 64.3 Å². The van der Waals surface area contributed by atoms with E-state index in [1.807, 2.05) is 26.0 Å². The fraction of sp³-hybridized carbons (Fsp3) is 0.857. The molecule has 2 rings (SSSR count). The molecule has 104 valence electrons. The Labute approximate surface area is 109 Å². The van der Waals surface area contributed by atoms with Crippen molar-refractivity contribution in [2.24, 2.45) is 0 Å². The molecule has 2 fully saturated rings. The number of ether oxygens (including phenoxy) is 4. The fourth-order valence-corrected chi connectivity index (χ4v) is 2.10. The van der Waals surface area contributed by atoms with Gasteiger partial charge in [-0.25, -0.2) is 0 Å². The maximum Gasteiger partial charge on any atom is 0.166 e. The van der Waals surface area contributed by atoms with Gasteiger partial charge in [0.15, 0.2) is 11.6 Å². The van der Waals surface area contributed by atoms with Crippen molar-refractivity contribution in [3.63, 3.8) is 0 Å². The third-order valence-corrected chi connectivity index (χ3v) is 3.73. The highest BCUT2D eigenvalue weighted by Crippen LogP contribution is 2.29. The monoisotopic (exact) mass is 256 g/mol. The molecule has 0 radical (unpaired) electrons. The summed E-state index contributed by atoms with van der Waals surface area (Å²) in [5.41, 5.74) is 0. The van der Waals surface area contributed by atoms with E-state index in [1.54, 1.807) is 0 Å². The molecule has 18 heavy (non-hydrogen) atoms. The lowest BCUT2D eigenvalue weighted by atomic mass is 10.2. The van der Waals surface area contributed by atoms with Crippen LogP contribution in [0.4, 0.5) is 0 Å². The second kappa shape index (κ2) is 5.29. The van der Waals surface area contributed by atoms with Gasteiger partial charge in [-0.15, -0.1) is 0 Å². The average molecular weight is 256 g/mol. The standard InChI is InChI=1S/C14H24O4/c1-5-13(3)15-9-11(17-13)7-8-12-10-16-14(4,6-2)18-12/h7-8,11-12H,5-6,9-10H2,1-4H3/b8-7+. The Balaban J connectivity index is 1.83. The van der Waals surface area contributed by atoms with Crippen molar-refractivity contribution >= 4 is 0 Å². The van der Waals surface area contributed by atoms with Crippen LogP contribution >= 0.6 is 0 Å². The quantitative estimate of drug-likeness (QED) is 0.725. The zero-order valence-electron chi connectivity index (χ0n) is 11.8. The molecular weight excluding hydrogens is 232 g/mol. The minimum Gasteiger partial charge on any atom is -0.347 e. The first-order valence-corrected chi connectivity index (χ1v) is 6.80. The molecule has 0 aliphatic carbocycles. The largest absolute Gasteiger partial charge is 0.347 e. The minimum atomic E-state index is -0.431. The highest BCUT2D eigenvalue weighted by molar-refractivity contribution is 4.99. The summed E-state index contributed by atoms with van der Waals surface area (Å²) in [6.45, 7) is 9.30. The van der Waals surface area contributed by atoms with Crippen LogP contribution in [0.5, 0.6) is 0 Å². The van der Waals surface area contributed by atoms with Crippen LogP contribution in [0.3, 0.4) is 0 Å². The molecule has 0 bridgehead atoms. The maximum atomic E-state index is 5.83. The lowest BCUT2D eigenvalue weighted by Crippen LogP contribution is -2.25. The molecule has 4 unspecified atom stereocenters. The van der Waals surface area contributed by atoms with E-state index in [-0.39, 0.29) is 12.2 Å². The molecule has 4 heteroatoms. The van der Waals surface area contributed by atoms with Crippen molar-refractivity contribution in [1.82, 2.24) is 0 Å². The van der Waals surface area contributed by atoms with Gasteiger partial charge in [-0.1, -0.05) is 26.0 Å². The van der Waals surface area contributed by atoms with Gasteiger partial charge in [-0.2, -0.15) is 0 Å². The predicted molar refractivity (Wildman–Crippen MR) is 68.2 cm³/mol. The molecule has 0 aromatic rings. The summed E-state index contributed by atoms with van der Waals surface area (Å²) < 4.78 is 22.9. The molecule has 0 N–H and O–H groups in total. The molecule has 0 aromatic heterocycles. The molecule has 2 aliphatic rings. The third-order valence-electron chi connectivity index (χ3n) is 3.73. The van der Waals surface area contributed by atoms with E-state index < -0.39 is 11.6 Å². The highest BCUT2D eigenvalue weighted by Gasteiger charge is 2.36. The molecule has 2 aliphatic heterocycles. The highest BCUT2D eigenvalue weighted by atomic mass is 16.7. The molecule has 4 atom stereocenters. The van der Waals surface area contributed by atoms with Gasteiger partial charge in [-0.3, -0.25) is 0 Å². The van der Waals surface area contributed by atoms with Crippen LogP contribution in [0.25, 0.3) is 0 Å². The smallest absolute Gasteiger partial charge is 0.166 e. The molecular formula is C14H24O4. The maximum absolute atomic E-state index is 5.83. The Kier molecular flexibility index (Phi) is 4.11. The van der Waals surface area contributed by atoms with E-state index in [0.29, 0.717) is 13.2 Å². The van der Waals surface area contributed by atoms with Crippen molar-refractivity contribution in [3.05, 3.63) is 12.2 Å². The Hall–Kier alpha value is -0.420. The lowest BCUT2D eigenvalue weighted by Gasteiger charge is -2.21. The lowest BCUT2D eigenvalue weighted by molar-refractivity contribution is -0.152. The van der Waals surface area contributed by atoms with Crippen LogP contribution in [0.15, 0.2) is 12.2 Å². The van der Waals surface area contributed by atoms with E-state index >= 15 is 0 Å². The van der Waals surface area contributed by atoms with Crippen LogP contribution in [0, 0.1) is 0 Å². The Bertz CT molecular complexity index is 287. The summed E-state index contributed by atoms with van der Waals surface area (Å²) in [4.78, 5) is 0. The van der Waals surface area contributed by atoms with Gasteiger partial charge in [0, 0.05) is 0 Å². The second-order valence-electron chi connectivity index (χ2n) is 5.29. The first-order chi connectivity index (χ1) is 8.49. The summed E-state index contributed by atoms with van der Waals surface area (Å²) in [7, 11) is 0. The zero-order chi connectivity index (χ0) is 13.2. The van der Waals surface area contributed by atoms with Crippen molar-refractivity contribution < 1.29 is 18.9 Å². The van der Waals surface area contributed by atoms with Crippen LogP contribution < -0.4 is 0 Å². The minimum absolute atomic E-state index is 0.0204.